The van der Waals surface area contributed by atoms with E-state index in [-0.39, 0.29) is 12.1 Å². The van der Waals surface area contributed by atoms with Gasteiger partial charge in [-0.15, -0.1) is 0 Å². The van der Waals surface area contributed by atoms with Gasteiger partial charge in [0.05, 0.1) is 13.2 Å². The summed E-state index contributed by atoms with van der Waals surface area (Å²) in [6.45, 7) is 2.62. The molecule has 1 unspecified atom stereocenters. The third-order valence-electron chi connectivity index (χ3n) is 6.52. The molecule has 1 fully saturated rings. The summed E-state index contributed by atoms with van der Waals surface area (Å²) >= 11 is 0. The van der Waals surface area contributed by atoms with Crippen LogP contribution in [-0.4, -0.2) is 31.3 Å². The Kier molecular flexibility index (Phi) is 8.58. The van der Waals surface area contributed by atoms with Crippen LogP contribution in [0.1, 0.15) is 42.0 Å². The number of methoxy groups -OCH3 is 1. The molecule has 1 saturated heterocycles. The summed E-state index contributed by atoms with van der Waals surface area (Å²) in [4.78, 5) is 15.7. The molecule has 1 heterocycles. The molecule has 1 atom stereocenters. The maximum Gasteiger partial charge on any atom is 0.318 e. The first-order chi connectivity index (χ1) is 16.7. The van der Waals surface area contributed by atoms with Gasteiger partial charge >= 0.3 is 6.03 Å². The van der Waals surface area contributed by atoms with Gasteiger partial charge in [-0.2, -0.15) is 0 Å². The van der Waals surface area contributed by atoms with Crippen molar-refractivity contribution in [3.63, 3.8) is 0 Å². The van der Waals surface area contributed by atoms with Crippen molar-refractivity contribution in [2.24, 2.45) is 5.92 Å². The van der Waals surface area contributed by atoms with Crippen LogP contribution in [0.4, 0.5) is 4.79 Å². The third kappa shape index (κ3) is 6.61. The lowest BCUT2D eigenvalue weighted by atomic mass is 9.88. The zero-order valence-electron chi connectivity index (χ0n) is 19.9. The second-order valence-electron chi connectivity index (χ2n) is 8.84. The zero-order valence-corrected chi connectivity index (χ0v) is 19.9. The highest BCUT2D eigenvalue weighted by Crippen LogP contribution is 2.34. The Hall–Kier alpha value is -3.31. The number of hydrogen-bond acceptors (Lipinski definition) is 3. The summed E-state index contributed by atoms with van der Waals surface area (Å²) in [5, 5.41) is 3.17. The molecule has 1 aliphatic rings. The van der Waals surface area contributed by atoms with Gasteiger partial charge in [-0.25, -0.2) is 4.79 Å². The van der Waals surface area contributed by atoms with Gasteiger partial charge in [0.15, 0.2) is 0 Å². The summed E-state index contributed by atoms with van der Waals surface area (Å²) in [6, 6.07) is 28.3. The van der Waals surface area contributed by atoms with Crippen LogP contribution >= 0.6 is 0 Å². The molecule has 1 N–H and O–H groups in total. The number of urea groups is 1. The van der Waals surface area contributed by atoms with Crippen LogP contribution in [0.25, 0.3) is 0 Å². The highest BCUT2D eigenvalue weighted by Gasteiger charge is 2.29. The van der Waals surface area contributed by atoms with E-state index in [0.29, 0.717) is 19.0 Å². The van der Waals surface area contributed by atoms with Gasteiger partial charge in [-0.05, 0) is 54.0 Å². The number of hydrogen-bond donors (Lipinski definition) is 1. The van der Waals surface area contributed by atoms with Crippen LogP contribution in [0.3, 0.4) is 0 Å². The van der Waals surface area contributed by atoms with Crippen molar-refractivity contribution < 1.29 is 14.3 Å². The minimum Gasteiger partial charge on any atom is -0.497 e. The lowest BCUT2D eigenvalue weighted by Gasteiger charge is -2.36. The lowest BCUT2D eigenvalue weighted by Crippen LogP contribution is -2.42. The van der Waals surface area contributed by atoms with Gasteiger partial charge in [-0.1, -0.05) is 72.8 Å². The van der Waals surface area contributed by atoms with Crippen LogP contribution in [0.2, 0.25) is 0 Å². The van der Waals surface area contributed by atoms with Crippen molar-refractivity contribution >= 4 is 6.03 Å². The van der Waals surface area contributed by atoms with Gasteiger partial charge in [0, 0.05) is 26.3 Å². The Labute approximate surface area is 202 Å². The molecule has 3 aromatic rings. The first-order valence-corrected chi connectivity index (χ1v) is 12.1. The van der Waals surface area contributed by atoms with Crippen molar-refractivity contribution in [3.8, 4) is 5.75 Å². The summed E-state index contributed by atoms with van der Waals surface area (Å²) in [7, 11) is 1.67. The number of amides is 2. The second kappa shape index (κ2) is 12.2. The van der Waals surface area contributed by atoms with E-state index in [9.17, 15) is 4.79 Å². The summed E-state index contributed by atoms with van der Waals surface area (Å²) in [5.74, 6) is 1.33. The Bertz CT molecular complexity index is 1000. The fraction of sp³-hybridized carbons (Fsp3) is 0.345. The fourth-order valence-electron chi connectivity index (χ4n) is 4.55. The highest BCUT2D eigenvalue weighted by atomic mass is 16.5. The summed E-state index contributed by atoms with van der Waals surface area (Å²) < 4.78 is 11.0. The predicted octanol–water partition coefficient (Wildman–Crippen LogP) is 5.97. The number of nitrogens with zero attached hydrogens (tertiary/aromatic N) is 1. The van der Waals surface area contributed by atoms with Gasteiger partial charge in [-0.3, -0.25) is 0 Å². The number of rotatable bonds is 9. The average molecular weight is 459 g/mol. The monoisotopic (exact) mass is 458 g/mol. The van der Waals surface area contributed by atoms with Crippen molar-refractivity contribution in [1.82, 2.24) is 10.2 Å². The average Bonchev–Trinajstić information content (AvgIpc) is 2.91. The maximum atomic E-state index is 13.7. The zero-order chi connectivity index (χ0) is 23.6. The molecule has 178 valence electrons. The first-order valence-electron chi connectivity index (χ1n) is 12.1. The Morgan fingerprint density at radius 1 is 0.941 bits per heavy atom. The van der Waals surface area contributed by atoms with E-state index in [4.69, 9.17) is 9.47 Å². The van der Waals surface area contributed by atoms with Crippen LogP contribution < -0.4 is 10.1 Å². The third-order valence-corrected chi connectivity index (χ3v) is 6.52. The van der Waals surface area contributed by atoms with E-state index < -0.39 is 0 Å². The van der Waals surface area contributed by atoms with Gasteiger partial charge < -0.3 is 19.7 Å². The molecule has 0 saturated carbocycles. The Morgan fingerprint density at radius 2 is 1.56 bits per heavy atom. The summed E-state index contributed by atoms with van der Waals surface area (Å²) in [5.41, 5.74) is 3.32. The van der Waals surface area contributed by atoms with E-state index in [0.717, 1.165) is 54.9 Å². The maximum absolute atomic E-state index is 13.7. The minimum absolute atomic E-state index is 0.0509. The molecule has 0 aromatic heterocycles. The lowest BCUT2D eigenvalue weighted by molar-refractivity contribution is 0.0533. The van der Waals surface area contributed by atoms with E-state index in [1.807, 2.05) is 65.6 Å². The Morgan fingerprint density at radius 3 is 2.18 bits per heavy atom. The minimum atomic E-state index is -0.0550. The van der Waals surface area contributed by atoms with Crippen LogP contribution in [0.5, 0.6) is 5.75 Å². The van der Waals surface area contributed by atoms with Crippen LogP contribution in [0, 0.1) is 5.92 Å². The molecular formula is C29H34N2O3. The number of ether oxygens (including phenoxy) is 2. The predicted molar refractivity (Wildman–Crippen MR) is 135 cm³/mol. The first kappa shape index (κ1) is 23.8. The largest absolute Gasteiger partial charge is 0.497 e. The molecule has 0 bridgehead atoms. The molecule has 5 nitrogen and oxygen atoms in total. The van der Waals surface area contributed by atoms with Crippen molar-refractivity contribution in [2.75, 3.05) is 20.3 Å². The smallest absolute Gasteiger partial charge is 0.318 e. The van der Waals surface area contributed by atoms with Crippen molar-refractivity contribution in [1.29, 1.82) is 0 Å². The molecule has 5 heteroatoms. The molecule has 0 spiro atoms. The van der Waals surface area contributed by atoms with Gasteiger partial charge in [0.1, 0.15) is 5.75 Å². The molecule has 3 aromatic carbocycles. The Balaban J connectivity index is 1.62. The number of carbonyl (C=O) groups excluding carboxylic acids is 1. The highest BCUT2D eigenvalue weighted by molar-refractivity contribution is 5.75. The number of benzene rings is 3. The SMILES string of the molecule is COc1ccc(C(CC2CCOCC2)N(Cc2ccccc2)C(=O)NCc2ccccc2)cc1. The van der Waals surface area contributed by atoms with E-state index >= 15 is 0 Å². The van der Waals surface area contributed by atoms with E-state index in [2.05, 4.69) is 29.6 Å². The standard InChI is InChI=1S/C29H34N2O3/c1-33-27-14-12-26(13-15-27)28(20-23-16-18-34-19-17-23)31(22-25-10-6-3-7-11-25)29(32)30-21-24-8-4-2-5-9-24/h2-15,23,28H,16-22H2,1H3,(H,30,32). The summed E-state index contributed by atoms with van der Waals surface area (Å²) in [6.07, 6.45) is 2.95. The second-order valence-corrected chi connectivity index (χ2v) is 8.84. The van der Waals surface area contributed by atoms with Crippen LogP contribution in [-0.2, 0) is 17.8 Å². The molecule has 2 amide bonds. The topological polar surface area (TPSA) is 50.8 Å². The normalized spacial score (nSPS) is 14.9. The van der Waals surface area contributed by atoms with Crippen molar-refractivity contribution in [3.05, 3.63) is 102 Å². The van der Waals surface area contributed by atoms with Gasteiger partial charge in [0.2, 0.25) is 0 Å². The van der Waals surface area contributed by atoms with Crippen molar-refractivity contribution in [2.45, 2.75) is 38.4 Å². The van der Waals surface area contributed by atoms with E-state index in [1.54, 1.807) is 7.11 Å². The number of carbonyl (C=O) groups is 1. The molecule has 1 aliphatic heterocycles. The number of nitrogens with one attached hydrogen (secondary N) is 1. The van der Waals surface area contributed by atoms with Gasteiger partial charge in [0.25, 0.3) is 0 Å². The molecule has 34 heavy (non-hydrogen) atoms. The van der Waals surface area contributed by atoms with E-state index in [1.165, 1.54) is 0 Å². The molecule has 4 rings (SSSR count). The molecule has 0 radical (unpaired) electrons. The molecule has 0 aliphatic carbocycles. The quantitative estimate of drug-likeness (QED) is 0.430. The molecular weight excluding hydrogens is 424 g/mol. The van der Waals surface area contributed by atoms with Crippen LogP contribution in [0.15, 0.2) is 84.9 Å². The fourth-order valence-corrected chi connectivity index (χ4v) is 4.55.